The number of nitrogens with one attached hydrogen (secondary N) is 1. The Balaban J connectivity index is 1.28. The summed E-state index contributed by atoms with van der Waals surface area (Å²) in [5.41, 5.74) is 3.47. The largest absolute Gasteiger partial charge is 0.372 e. The van der Waals surface area contributed by atoms with Crippen LogP contribution < -0.4 is 10.2 Å². The van der Waals surface area contributed by atoms with Gasteiger partial charge in [-0.05, 0) is 61.4 Å². The number of benzene rings is 3. The zero-order valence-electron chi connectivity index (χ0n) is 18.0. The van der Waals surface area contributed by atoms with Crippen LogP contribution >= 0.6 is 11.8 Å². The van der Waals surface area contributed by atoms with E-state index < -0.39 is 0 Å². The van der Waals surface area contributed by atoms with Gasteiger partial charge in [-0.2, -0.15) is 0 Å². The topological polar surface area (TPSA) is 58.1 Å². The first kappa shape index (κ1) is 21.4. The van der Waals surface area contributed by atoms with Gasteiger partial charge >= 0.3 is 0 Å². The van der Waals surface area contributed by atoms with Crippen molar-refractivity contribution in [1.29, 1.82) is 0 Å². The highest BCUT2D eigenvalue weighted by Crippen LogP contribution is 2.32. The molecule has 0 radical (unpaired) electrons. The van der Waals surface area contributed by atoms with Gasteiger partial charge in [-0.15, -0.1) is 10.2 Å². The number of anilines is 2. The maximum atomic E-state index is 13.3. The predicted molar refractivity (Wildman–Crippen MR) is 132 cm³/mol. The normalized spacial score (nSPS) is 13.4. The minimum Gasteiger partial charge on any atom is -0.372 e. The van der Waals surface area contributed by atoms with Crippen molar-refractivity contribution in [3.63, 3.8) is 0 Å². The lowest BCUT2D eigenvalue weighted by molar-refractivity contribution is -0.113. The summed E-state index contributed by atoms with van der Waals surface area (Å²) in [6.07, 6.45) is 2.47. The minimum absolute atomic E-state index is 0.0950. The molecular weight excluding hydrogens is 435 g/mol. The molecule has 0 bridgehead atoms. The van der Waals surface area contributed by atoms with E-state index in [4.69, 9.17) is 0 Å². The molecule has 5 rings (SSSR count). The average molecular weight is 459 g/mol. The van der Waals surface area contributed by atoms with Gasteiger partial charge in [0.2, 0.25) is 5.91 Å². The number of hydrogen-bond acceptors (Lipinski definition) is 5. The maximum Gasteiger partial charge on any atom is 0.234 e. The number of carbonyl (C=O) groups excluding carboxylic acids is 1. The average Bonchev–Trinajstić information content (AvgIpc) is 3.39. The molecule has 33 heavy (non-hydrogen) atoms. The van der Waals surface area contributed by atoms with E-state index in [1.807, 2.05) is 36.4 Å². The first-order valence-corrected chi connectivity index (χ1v) is 11.9. The third kappa shape index (κ3) is 4.83. The van der Waals surface area contributed by atoms with Crippen LogP contribution in [0.2, 0.25) is 0 Å². The number of amides is 1. The molecule has 1 N–H and O–H groups in total. The van der Waals surface area contributed by atoms with Gasteiger partial charge in [-0.1, -0.05) is 36.0 Å². The van der Waals surface area contributed by atoms with Crippen LogP contribution in [0.15, 0.2) is 77.8 Å². The molecule has 5 nitrogen and oxygen atoms in total. The number of fused-ring (bicyclic) bond motifs is 1. The third-order valence-electron chi connectivity index (χ3n) is 5.73. The van der Waals surface area contributed by atoms with Crippen LogP contribution in [-0.2, 0) is 4.79 Å². The highest BCUT2D eigenvalue weighted by atomic mass is 32.2. The zero-order valence-corrected chi connectivity index (χ0v) is 18.8. The van der Waals surface area contributed by atoms with Crippen molar-refractivity contribution in [3.8, 4) is 11.3 Å². The number of aromatic nitrogens is 2. The van der Waals surface area contributed by atoms with Gasteiger partial charge in [0.05, 0.1) is 5.75 Å². The SMILES string of the molecule is O=C(CSc1nnc(-c2ccc(F)cc2)c2ccccc12)Nc1ccc(N2CCCC2)cc1. The van der Waals surface area contributed by atoms with Crippen molar-refractivity contribution in [1.82, 2.24) is 10.2 Å². The van der Waals surface area contributed by atoms with Crippen LogP contribution in [0.4, 0.5) is 15.8 Å². The van der Waals surface area contributed by atoms with Gasteiger partial charge in [0.15, 0.2) is 0 Å². The number of halogens is 1. The Bertz CT molecular complexity index is 1270. The Kier molecular flexibility index (Phi) is 6.21. The fourth-order valence-electron chi connectivity index (χ4n) is 4.07. The smallest absolute Gasteiger partial charge is 0.234 e. The molecule has 0 unspecified atom stereocenters. The Labute approximate surface area is 196 Å². The van der Waals surface area contributed by atoms with Crippen LogP contribution in [0.3, 0.4) is 0 Å². The molecule has 1 fully saturated rings. The summed E-state index contributed by atoms with van der Waals surface area (Å²) in [5, 5.41) is 14.2. The molecule has 1 aliphatic heterocycles. The highest BCUT2D eigenvalue weighted by molar-refractivity contribution is 8.00. The van der Waals surface area contributed by atoms with Crippen molar-refractivity contribution in [2.24, 2.45) is 0 Å². The summed E-state index contributed by atoms with van der Waals surface area (Å²) in [6, 6.07) is 22.0. The Hall–Kier alpha value is -3.45. The molecule has 1 amide bonds. The lowest BCUT2D eigenvalue weighted by Gasteiger charge is -2.17. The molecule has 1 aromatic heterocycles. The van der Waals surface area contributed by atoms with Gasteiger partial charge in [-0.3, -0.25) is 4.79 Å². The first-order chi connectivity index (χ1) is 16.2. The molecular formula is C26H23FN4OS. The van der Waals surface area contributed by atoms with Crippen molar-refractivity contribution in [2.45, 2.75) is 17.9 Å². The molecule has 0 spiro atoms. The minimum atomic E-state index is -0.292. The van der Waals surface area contributed by atoms with Crippen LogP contribution in [0.25, 0.3) is 22.0 Å². The number of rotatable bonds is 6. The number of nitrogens with zero attached hydrogens (tertiary/aromatic N) is 3. The first-order valence-electron chi connectivity index (χ1n) is 11.0. The van der Waals surface area contributed by atoms with E-state index in [2.05, 4.69) is 32.5 Å². The molecule has 1 saturated heterocycles. The molecule has 3 aromatic carbocycles. The van der Waals surface area contributed by atoms with Crippen molar-refractivity contribution < 1.29 is 9.18 Å². The molecule has 0 aliphatic carbocycles. The van der Waals surface area contributed by atoms with E-state index in [0.29, 0.717) is 10.7 Å². The van der Waals surface area contributed by atoms with E-state index in [1.165, 1.54) is 42.4 Å². The summed E-state index contributed by atoms with van der Waals surface area (Å²) in [5.74, 6) is -0.162. The van der Waals surface area contributed by atoms with Crippen molar-refractivity contribution in [3.05, 3.63) is 78.6 Å². The van der Waals surface area contributed by atoms with Gasteiger partial charge < -0.3 is 10.2 Å². The lowest BCUT2D eigenvalue weighted by Crippen LogP contribution is -2.18. The second-order valence-electron chi connectivity index (χ2n) is 7.98. The second-order valence-corrected chi connectivity index (χ2v) is 8.95. The summed E-state index contributed by atoms with van der Waals surface area (Å²) in [4.78, 5) is 14.9. The predicted octanol–water partition coefficient (Wildman–Crippen LogP) is 5.77. The van der Waals surface area contributed by atoms with E-state index in [9.17, 15) is 9.18 Å². The maximum absolute atomic E-state index is 13.3. The van der Waals surface area contributed by atoms with Crippen molar-refractivity contribution in [2.75, 3.05) is 29.1 Å². The molecule has 2 heterocycles. The number of carbonyl (C=O) groups is 1. The van der Waals surface area contributed by atoms with Crippen LogP contribution in [0, 0.1) is 5.82 Å². The van der Waals surface area contributed by atoms with E-state index >= 15 is 0 Å². The molecule has 7 heteroatoms. The van der Waals surface area contributed by atoms with Gasteiger partial charge in [0.1, 0.15) is 16.5 Å². The Morgan fingerprint density at radius 3 is 2.33 bits per heavy atom. The summed E-state index contributed by atoms with van der Waals surface area (Å²) in [7, 11) is 0. The molecule has 0 atom stereocenters. The summed E-state index contributed by atoms with van der Waals surface area (Å²) < 4.78 is 13.3. The standard InChI is InChI=1S/C26H23FN4OS/c27-19-9-7-18(8-10-19)25-22-5-1-2-6-23(22)26(30-29-25)33-17-24(32)28-20-11-13-21(14-12-20)31-15-3-4-16-31/h1-2,5-14H,3-4,15-17H2,(H,28,32). The fourth-order valence-corrected chi connectivity index (χ4v) is 4.84. The number of thioether (sulfide) groups is 1. The lowest BCUT2D eigenvalue weighted by atomic mass is 10.1. The summed E-state index contributed by atoms with van der Waals surface area (Å²) >= 11 is 1.35. The Morgan fingerprint density at radius 1 is 0.909 bits per heavy atom. The van der Waals surface area contributed by atoms with Gasteiger partial charge in [0.25, 0.3) is 0 Å². The second kappa shape index (κ2) is 9.58. The van der Waals surface area contributed by atoms with E-state index in [-0.39, 0.29) is 17.5 Å². The highest BCUT2D eigenvalue weighted by Gasteiger charge is 2.14. The molecule has 166 valence electrons. The summed E-state index contributed by atoms with van der Waals surface area (Å²) in [6.45, 7) is 2.19. The quantitative estimate of drug-likeness (QED) is 0.372. The third-order valence-corrected chi connectivity index (χ3v) is 6.71. The molecule has 4 aromatic rings. The fraction of sp³-hybridized carbons (Fsp3) is 0.192. The Morgan fingerprint density at radius 2 is 1.61 bits per heavy atom. The van der Waals surface area contributed by atoms with Crippen LogP contribution in [0.1, 0.15) is 12.8 Å². The number of hydrogen-bond donors (Lipinski definition) is 1. The van der Waals surface area contributed by atoms with E-state index in [0.717, 1.165) is 35.1 Å². The van der Waals surface area contributed by atoms with Gasteiger partial charge in [0, 0.05) is 40.8 Å². The molecule has 0 saturated carbocycles. The van der Waals surface area contributed by atoms with Crippen LogP contribution in [0.5, 0.6) is 0 Å². The van der Waals surface area contributed by atoms with Gasteiger partial charge in [-0.25, -0.2) is 4.39 Å². The van der Waals surface area contributed by atoms with Crippen LogP contribution in [-0.4, -0.2) is 34.9 Å². The molecule has 1 aliphatic rings. The van der Waals surface area contributed by atoms with Crippen molar-refractivity contribution >= 4 is 39.8 Å². The van der Waals surface area contributed by atoms with E-state index in [1.54, 1.807) is 12.1 Å². The zero-order chi connectivity index (χ0) is 22.6. The monoisotopic (exact) mass is 458 g/mol.